The highest BCUT2D eigenvalue weighted by Gasteiger charge is 2.10. The van der Waals surface area contributed by atoms with Gasteiger partial charge in [0.15, 0.2) is 11.6 Å². The van der Waals surface area contributed by atoms with E-state index < -0.39 is 0 Å². The molecule has 5 N–H and O–H groups in total. The van der Waals surface area contributed by atoms with Crippen LogP contribution in [0.1, 0.15) is 30.8 Å². The quantitative estimate of drug-likeness (QED) is 0.574. The van der Waals surface area contributed by atoms with Crippen molar-refractivity contribution < 1.29 is 4.79 Å². The van der Waals surface area contributed by atoms with Gasteiger partial charge in [0, 0.05) is 12.7 Å². The molecule has 0 radical (unpaired) electrons. The molecule has 0 spiro atoms. The molecule has 122 valence electrons. The summed E-state index contributed by atoms with van der Waals surface area (Å²) >= 11 is 0. The summed E-state index contributed by atoms with van der Waals surface area (Å²) in [5.41, 5.74) is 11.9. The van der Waals surface area contributed by atoms with Gasteiger partial charge in [-0.2, -0.15) is 0 Å². The van der Waals surface area contributed by atoms with Gasteiger partial charge < -0.3 is 11.1 Å². The van der Waals surface area contributed by atoms with Gasteiger partial charge in [-0.25, -0.2) is 9.97 Å². The summed E-state index contributed by atoms with van der Waals surface area (Å²) in [6, 6.07) is 5.08. The number of rotatable bonds is 7. The average molecular weight is 315 g/mol. The zero-order valence-corrected chi connectivity index (χ0v) is 13.2. The largest absolute Gasteiger partial charge is 0.393 e. The van der Waals surface area contributed by atoms with E-state index in [1.165, 1.54) is 6.33 Å². The van der Waals surface area contributed by atoms with Gasteiger partial charge in [-0.3, -0.25) is 20.6 Å². The maximum atomic E-state index is 11.9. The van der Waals surface area contributed by atoms with Crippen molar-refractivity contribution in [2.24, 2.45) is 5.92 Å². The van der Waals surface area contributed by atoms with Crippen molar-refractivity contribution in [1.82, 2.24) is 20.4 Å². The number of aromatic nitrogens is 3. The topological polar surface area (TPSA) is 118 Å². The van der Waals surface area contributed by atoms with E-state index in [4.69, 9.17) is 5.73 Å². The second-order valence-corrected chi connectivity index (χ2v) is 5.39. The van der Waals surface area contributed by atoms with Crippen molar-refractivity contribution in [2.45, 2.75) is 20.3 Å². The Morgan fingerprint density at radius 3 is 2.70 bits per heavy atom. The number of anilines is 3. The third kappa shape index (κ3) is 4.80. The standard InChI is InChI=1S/C15H21N7O/c1-10(2)6-8-18-13-12(16)14(20-9-19-13)21-22-15(23)11-5-3-4-7-17-11/h3-5,7,9-10H,6,8,16H2,1-2H3,(H,22,23)(H2,18,19,20,21). The molecule has 8 heteroatoms. The predicted molar refractivity (Wildman–Crippen MR) is 89.7 cm³/mol. The van der Waals surface area contributed by atoms with E-state index in [9.17, 15) is 4.79 Å². The van der Waals surface area contributed by atoms with Gasteiger partial charge in [0.1, 0.15) is 17.7 Å². The molecular weight excluding hydrogens is 294 g/mol. The Labute approximate surface area is 134 Å². The number of carbonyl (C=O) groups excluding carboxylic acids is 1. The van der Waals surface area contributed by atoms with Crippen LogP contribution in [0.5, 0.6) is 0 Å². The van der Waals surface area contributed by atoms with Crippen molar-refractivity contribution in [3.63, 3.8) is 0 Å². The van der Waals surface area contributed by atoms with Gasteiger partial charge in [-0.05, 0) is 24.5 Å². The minimum atomic E-state index is -0.377. The van der Waals surface area contributed by atoms with Crippen LogP contribution >= 0.6 is 0 Å². The summed E-state index contributed by atoms with van der Waals surface area (Å²) in [6.07, 6.45) is 3.93. The Balaban J connectivity index is 1.96. The molecule has 0 saturated carbocycles. The Kier molecular flexibility index (Phi) is 5.67. The van der Waals surface area contributed by atoms with Crippen LogP contribution in [0.15, 0.2) is 30.7 Å². The number of pyridine rings is 1. The molecule has 2 aromatic heterocycles. The molecule has 8 nitrogen and oxygen atoms in total. The second kappa shape index (κ2) is 7.92. The van der Waals surface area contributed by atoms with Crippen LogP contribution in [0.4, 0.5) is 17.3 Å². The SMILES string of the molecule is CC(C)CCNc1ncnc(NNC(=O)c2ccccn2)c1N. The Bertz CT molecular complexity index is 646. The van der Waals surface area contributed by atoms with E-state index in [1.807, 2.05) is 0 Å². The lowest BCUT2D eigenvalue weighted by Crippen LogP contribution is -2.31. The number of nitrogens with zero attached hydrogens (tertiary/aromatic N) is 3. The molecule has 0 aliphatic rings. The Morgan fingerprint density at radius 2 is 2.00 bits per heavy atom. The zero-order chi connectivity index (χ0) is 16.7. The van der Waals surface area contributed by atoms with Gasteiger partial charge in [0.05, 0.1) is 0 Å². The van der Waals surface area contributed by atoms with E-state index >= 15 is 0 Å². The van der Waals surface area contributed by atoms with Crippen molar-refractivity contribution in [1.29, 1.82) is 0 Å². The number of hydrazine groups is 1. The van der Waals surface area contributed by atoms with Gasteiger partial charge >= 0.3 is 0 Å². The van der Waals surface area contributed by atoms with Crippen molar-refractivity contribution >= 4 is 23.2 Å². The first-order valence-corrected chi connectivity index (χ1v) is 7.39. The first kappa shape index (κ1) is 16.5. The Hall–Kier alpha value is -2.90. The zero-order valence-electron chi connectivity index (χ0n) is 13.2. The molecule has 0 saturated heterocycles. The Morgan fingerprint density at radius 1 is 1.22 bits per heavy atom. The fourth-order valence-corrected chi connectivity index (χ4v) is 1.79. The molecule has 2 heterocycles. The highest BCUT2D eigenvalue weighted by molar-refractivity contribution is 5.93. The van der Waals surface area contributed by atoms with Crippen LogP contribution in [0.3, 0.4) is 0 Å². The van der Waals surface area contributed by atoms with Gasteiger partial charge in [-0.15, -0.1) is 0 Å². The second-order valence-electron chi connectivity index (χ2n) is 5.39. The maximum absolute atomic E-state index is 11.9. The molecule has 0 fully saturated rings. The van der Waals surface area contributed by atoms with Crippen molar-refractivity contribution in [3.05, 3.63) is 36.4 Å². The monoisotopic (exact) mass is 315 g/mol. The highest BCUT2D eigenvalue weighted by Crippen LogP contribution is 2.21. The first-order chi connectivity index (χ1) is 11.1. The molecule has 0 aliphatic carbocycles. The van der Waals surface area contributed by atoms with E-state index in [2.05, 4.69) is 45.0 Å². The van der Waals surface area contributed by atoms with E-state index in [0.29, 0.717) is 28.9 Å². The molecule has 1 amide bonds. The predicted octanol–water partition coefficient (Wildman–Crippen LogP) is 1.67. The number of carbonyl (C=O) groups is 1. The molecule has 0 aliphatic heterocycles. The minimum Gasteiger partial charge on any atom is -0.393 e. The first-order valence-electron chi connectivity index (χ1n) is 7.39. The van der Waals surface area contributed by atoms with Crippen LogP contribution in [-0.4, -0.2) is 27.4 Å². The summed E-state index contributed by atoms with van der Waals surface area (Å²) in [5.74, 6) is 1.07. The summed E-state index contributed by atoms with van der Waals surface area (Å²) in [7, 11) is 0. The molecule has 0 aromatic carbocycles. The lowest BCUT2D eigenvalue weighted by molar-refractivity contribution is 0.0957. The number of nitrogens with one attached hydrogen (secondary N) is 3. The molecule has 2 rings (SSSR count). The number of nitrogen functional groups attached to an aromatic ring is 1. The third-order valence-electron chi connectivity index (χ3n) is 3.09. The smallest absolute Gasteiger partial charge is 0.288 e. The number of amides is 1. The lowest BCUT2D eigenvalue weighted by Gasteiger charge is -2.13. The average Bonchev–Trinajstić information content (AvgIpc) is 2.55. The molecule has 23 heavy (non-hydrogen) atoms. The summed E-state index contributed by atoms with van der Waals surface area (Å²) in [6.45, 7) is 5.05. The molecule has 2 aromatic rings. The molecule has 0 bridgehead atoms. The van der Waals surface area contributed by atoms with Crippen LogP contribution in [0, 0.1) is 5.92 Å². The molecular formula is C15H21N7O. The minimum absolute atomic E-state index is 0.294. The van der Waals surface area contributed by atoms with Gasteiger partial charge in [-0.1, -0.05) is 19.9 Å². The lowest BCUT2D eigenvalue weighted by atomic mass is 10.1. The van der Waals surface area contributed by atoms with E-state index in [0.717, 1.165) is 13.0 Å². The summed E-state index contributed by atoms with van der Waals surface area (Å²) in [5, 5.41) is 3.16. The summed E-state index contributed by atoms with van der Waals surface area (Å²) < 4.78 is 0. The normalized spacial score (nSPS) is 10.4. The number of hydrogen-bond acceptors (Lipinski definition) is 7. The summed E-state index contributed by atoms with van der Waals surface area (Å²) in [4.78, 5) is 24.0. The van der Waals surface area contributed by atoms with Gasteiger partial charge in [0.25, 0.3) is 5.91 Å². The van der Waals surface area contributed by atoms with Crippen LogP contribution < -0.4 is 21.9 Å². The molecule has 0 atom stereocenters. The fraction of sp³-hybridized carbons (Fsp3) is 0.333. The number of nitrogens with two attached hydrogens (primary N) is 1. The van der Waals surface area contributed by atoms with E-state index in [-0.39, 0.29) is 5.91 Å². The third-order valence-corrected chi connectivity index (χ3v) is 3.09. The van der Waals surface area contributed by atoms with Crippen LogP contribution in [-0.2, 0) is 0 Å². The van der Waals surface area contributed by atoms with Crippen molar-refractivity contribution in [3.8, 4) is 0 Å². The van der Waals surface area contributed by atoms with Crippen molar-refractivity contribution in [2.75, 3.05) is 23.0 Å². The number of hydrogen-bond donors (Lipinski definition) is 4. The van der Waals surface area contributed by atoms with E-state index in [1.54, 1.807) is 24.4 Å². The highest BCUT2D eigenvalue weighted by atomic mass is 16.2. The maximum Gasteiger partial charge on any atom is 0.288 e. The van der Waals surface area contributed by atoms with Crippen LogP contribution in [0.2, 0.25) is 0 Å². The molecule has 0 unspecified atom stereocenters. The van der Waals surface area contributed by atoms with Gasteiger partial charge in [0.2, 0.25) is 0 Å². The fourth-order valence-electron chi connectivity index (χ4n) is 1.79. The van der Waals surface area contributed by atoms with Crippen LogP contribution in [0.25, 0.3) is 0 Å².